The molecular formula is C22H29NO3S. The highest BCUT2D eigenvalue weighted by atomic mass is 32.2. The van der Waals surface area contributed by atoms with Crippen LogP contribution in [0.2, 0.25) is 0 Å². The molecule has 0 aliphatic heterocycles. The third-order valence-corrected chi connectivity index (χ3v) is 5.66. The fraction of sp³-hybridized carbons (Fsp3) is 0.409. The zero-order valence-corrected chi connectivity index (χ0v) is 17.3. The quantitative estimate of drug-likeness (QED) is 0.533. The summed E-state index contributed by atoms with van der Waals surface area (Å²) in [5, 5.41) is 0. The molecule has 0 amide bonds. The molecule has 3 atom stereocenters. The fourth-order valence-electron chi connectivity index (χ4n) is 3.09. The predicted molar refractivity (Wildman–Crippen MR) is 110 cm³/mol. The van der Waals surface area contributed by atoms with Gasteiger partial charge in [0.15, 0.2) is 0 Å². The molecule has 2 rings (SSSR count). The Morgan fingerprint density at radius 3 is 2.19 bits per heavy atom. The van der Waals surface area contributed by atoms with Crippen LogP contribution < -0.4 is 0 Å². The van der Waals surface area contributed by atoms with E-state index in [2.05, 4.69) is 41.3 Å². The van der Waals surface area contributed by atoms with Crippen molar-refractivity contribution in [1.82, 2.24) is 4.90 Å². The molecule has 0 fully saturated rings. The Morgan fingerprint density at radius 2 is 1.63 bits per heavy atom. The van der Waals surface area contributed by atoms with Gasteiger partial charge in [0, 0.05) is 30.6 Å². The van der Waals surface area contributed by atoms with Gasteiger partial charge in [0.2, 0.25) is 0 Å². The third-order valence-electron chi connectivity index (χ3n) is 4.65. The van der Waals surface area contributed by atoms with Crippen LogP contribution in [-0.2, 0) is 14.3 Å². The lowest BCUT2D eigenvalue weighted by Gasteiger charge is -2.37. The maximum absolute atomic E-state index is 11.5. The Bertz CT molecular complexity index is 678. The normalized spacial score (nSPS) is 14.7. The van der Waals surface area contributed by atoms with Crippen LogP contribution in [0.1, 0.15) is 25.5 Å². The molecule has 4 nitrogen and oxygen atoms in total. The first-order valence-electron chi connectivity index (χ1n) is 9.16. The van der Waals surface area contributed by atoms with Gasteiger partial charge in [-0.15, -0.1) is 0 Å². The van der Waals surface area contributed by atoms with Gasteiger partial charge in [-0.25, -0.2) is 0 Å². The molecular weight excluding hydrogens is 358 g/mol. The van der Waals surface area contributed by atoms with Gasteiger partial charge >= 0.3 is 0 Å². The Kier molecular flexibility index (Phi) is 9.01. The second kappa shape index (κ2) is 11.2. The Balaban J connectivity index is 2.25. The SMILES string of the molecule is COCCN(C(C)C=O)C(c1ccc(Sc2ccccc2)cc1)C(C)OC. The average molecular weight is 388 g/mol. The number of benzene rings is 2. The molecule has 0 aliphatic carbocycles. The van der Waals surface area contributed by atoms with Gasteiger partial charge in [-0.1, -0.05) is 42.1 Å². The van der Waals surface area contributed by atoms with E-state index >= 15 is 0 Å². The first-order chi connectivity index (χ1) is 13.1. The van der Waals surface area contributed by atoms with Crippen molar-refractivity contribution in [2.45, 2.75) is 41.8 Å². The summed E-state index contributed by atoms with van der Waals surface area (Å²) in [6, 6.07) is 18.6. The first-order valence-corrected chi connectivity index (χ1v) is 9.98. The number of carbonyl (C=O) groups is 1. The van der Waals surface area contributed by atoms with Crippen molar-refractivity contribution in [3.63, 3.8) is 0 Å². The van der Waals surface area contributed by atoms with Crippen LogP contribution in [0.25, 0.3) is 0 Å². The largest absolute Gasteiger partial charge is 0.383 e. The van der Waals surface area contributed by atoms with Crippen molar-refractivity contribution in [3.05, 3.63) is 60.2 Å². The van der Waals surface area contributed by atoms with E-state index in [0.717, 1.165) is 11.8 Å². The fourth-order valence-corrected chi connectivity index (χ4v) is 3.93. The molecule has 0 N–H and O–H groups in total. The molecule has 3 unspecified atom stereocenters. The Hall–Kier alpha value is -1.66. The summed E-state index contributed by atoms with van der Waals surface area (Å²) in [6.07, 6.45) is 0.918. The predicted octanol–water partition coefficient (Wildman–Crippen LogP) is 4.45. The van der Waals surface area contributed by atoms with E-state index < -0.39 is 0 Å². The standard InChI is InChI=1S/C22H29NO3S/c1-17(16-24)23(14-15-25-3)22(18(2)26-4)19-10-12-21(13-11-19)27-20-8-6-5-7-9-20/h5-13,16-18,22H,14-15H2,1-4H3. The minimum absolute atomic E-state index is 0.0267. The van der Waals surface area contributed by atoms with E-state index in [9.17, 15) is 4.79 Å². The van der Waals surface area contributed by atoms with Crippen molar-refractivity contribution in [1.29, 1.82) is 0 Å². The molecule has 0 saturated carbocycles. The van der Waals surface area contributed by atoms with Crippen molar-refractivity contribution in [2.24, 2.45) is 0 Å². The molecule has 0 saturated heterocycles. The maximum Gasteiger partial charge on any atom is 0.136 e. The Labute approximate surface area is 166 Å². The number of methoxy groups -OCH3 is 2. The molecule has 0 aromatic heterocycles. The van der Waals surface area contributed by atoms with Crippen molar-refractivity contribution < 1.29 is 14.3 Å². The van der Waals surface area contributed by atoms with Crippen LogP contribution in [0.5, 0.6) is 0 Å². The van der Waals surface area contributed by atoms with Crippen LogP contribution in [0, 0.1) is 0 Å². The van der Waals surface area contributed by atoms with E-state index in [1.165, 1.54) is 9.79 Å². The van der Waals surface area contributed by atoms with Gasteiger partial charge in [-0.05, 0) is 43.7 Å². The average Bonchev–Trinajstić information content (AvgIpc) is 2.71. The second-order valence-corrected chi connectivity index (χ2v) is 7.62. The molecule has 0 heterocycles. The van der Waals surface area contributed by atoms with E-state index in [0.29, 0.717) is 13.2 Å². The number of hydrogen-bond acceptors (Lipinski definition) is 5. The van der Waals surface area contributed by atoms with Crippen molar-refractivity contribution >= 4 is 18.0 Å². The molecule has 146 valence electrons. The number of carbonyl (C=O) groups excluding carboxylic acids is 1. The zero-order chi connectivity index (χ0) is 19.6. The van der Waals surface area contributed by atoms with E-state index in [1.54, 1.807) is 26.0 Å². The minimum Gasteiger partial charge on any atom is -0.383 e. The van der Waals surface area contributed by atoms with Crippen LogP contribution in [0.15, 0.2) is 64.4 Å². The van der Waals surface area contributed by atoms with Crippen LogP contribution in [0.4, 0.5) is 0 Å². The summed E-state index contributed by atoms with van der Waals surface area (Å²) < 4.78 is 10.9. The van der Waals surface area contributed by atoms with Gasteiger partial charge in [0.05, 0.1) is 24.8 Å². The van der Waals surface area contributed by atoms with Gasteiger partial charge < -0.3 is 14.3 Å². The van der Waals surface area contributed by atoms with Crippen LogP contribution >= 0.6 is 11.8 Å². The number of hydrogen-bond donors (Lipinski definition) is 0. The lowest BCUT2D eigenvalue weighted by molar-refractivity contribution is -0.114. The van der Waals surface area contributed by atoms with Crippen molar-refractivity contribution in [2.75, 3.05) is 27.4 Å². The van der Waals surface area contributed by atoms with Gasteiger partial charge in [-0.2, -0.15) is 0 Å². The van der Waals surface area contributed by atoms with Gasteiger partial charge in [-0.3, -0.25) is 4.90 Å². The van der Waals surface area contributed by atoms with E-state index in [-0.39, 0.29) is 18.2 Å². The van der Waals surface area contributed by atoms with Crippen LogP contribution in [0.3, 0.4) is 0 Å². The molecule has 0 spiro atoms. The molecule has 27 heavy (non-hydrogen) atoms. The zero-order valence-electron chi connectivity index (χ0n) is 16.5. The number of rotatable bonds is 11. The first kappa shape index (κ1) is 21.6. The topological polar surface area (TPSA) is 38.8 Å². The maximum atomic E-state index is 11.5. The van der Waals surface area contributed by atoms with E-state index in [1.807, 2.05) is 32.0 Å². The molecule has 2 aromatic rings. The molecule has 2 aromatic carbocycles. The Morgan fingerprint density at radius 1 is 1.00 bits per heavy atom. The molecule has 0 aliphatic rings. The summed E-state index contributed by atoms with van der Waals surface area (Å²) >= 11 is 1.73. The van der Waals surface area contributed by atoms with E-state index in [4.69, 9.17) is 9.47 Å². The number of nitrogens with zero attached hydrogens (tertiary/aromatic N) is 1. The van der Waals surface area contributed by atoms with Crippen molar-refractivity contribution in [3.8, 4) is 0 Å². The van der Waals surface area contributed by atoms with Crippen LogP contribution in [-0.4, -0.2) is 50.7 Å². The lowest BCUT2D eigenvalue weighted by Crippen LogP contribution is -2.44. The highest BCUT2D eigenvalue weighted by molar-refractivity contribution is 7.99. The smallest absolute Gasteiger partial charge is 0.136 e. The highest BCUT2D eigenvalue weighted by Gasteiger charge is 2.29. The third kappa shape index (κ3) is 6.18. The summed E-state index contributed by atoms with van der Waals surface area (Å²) in [7, 11) is 3.38. The summed E-state index contributed by atoms with van der Waals surface area (Å²) in [5.41, 5.74) is 1.13. The van der Waals surface area contributed by atoms with Gasteiger partial charge in [0.1, 0.15) is 6.29 Å². The lowest BCUT2D eigenvalue weighted by atomic mass is 9.99. The highest BCUT2D eigenvalue weighted by Crippen LogP contribution is 2.32. The number of ether oxygens (including phenoxy) is 2. The number of aldehydes is 1. The molecule has 5 heteroatoms. The summed E-state index contributed by atoms with van der Waals surface area (Å²) in [6.45, 7) is 5.18. The monoisotopic (exact) mass is 387 g/mol. The summed E-state index contributed by atoms with van der Waals surface area (Å²) in [5.74, 6) is 0. The molecule has 0 bridgehead atoms. The minimum atomic E-state index is -0.221. The molecule has 0 radical (unpaired) electrons. The summed E-state index contributed by atoms with van der Waals surface area (Å²) in [4.78, 5) is 16.0. The second-order valence-electron chi connectivity index (χ2n) is 6.48. The van der Waals surface area contributed by atoms with Gasteiger partial charge in [0.25, 0.3) is 0 Å².